The molecule has 1 fully saturated rings. The fraction of sp³-hybridized carbons (Fsp3) is 0.571. The maximum absolute atomic E-state index is 5.61. The van der Waals surface area contributed by atoms with Crippen molar-refractivity contribution in [1.82, 2.24) is 5.32 Å². The summed E-state index contributed by atoms with van der Waals surface area (Å²) >= 11 is 0. The summed E-state index contributed by atoms with van der Waals surface area (Å²) in [6, 6.07) is 8.13. The number of nitrogen functional groups attached to an aromatic ring is 1. The zero-order valence-electron chi connectivity index (χ0n) is 11.7. The van der Waals surface area contributed by atoms with Gasteiger partial charge in [0.05, 0.1) is 0 Å². The largest absolute Gasteiger partial charge is 0.399 e. The van der Waals surface area contributed by atoms with Crippen LogP contribution >= 0.6 is 0 Å². The quantitative estimate of drug-likeness (QED) is 0.738. The van der Waals surface area contributed by atoms with Gasteiger partial charge in [0.25, 0.3) is 0 Å². The van der Waals surface area contributed by atoms with Gasteiger partial charge in [0.1, 0.15) is 0 Å². The van der Waals surface area contributed by atoms with Crippen LogP contribution in [0.3, 0.4) is 0 Å². The van der Waals surface area contributed by atoms with Crippen LogP contribution in [0, 0.1) is 0 Å². The maximum Gasteiger partial charge on any atom is 0.0367 e. The molecule has 0 spiro atoms. The van der Waals surface area contributed by atoms with Gasteiger partial charge in [-0.1, -0.05) is 13.8 Å². The number of nitrogens with two attached hydrogens (primary N) is 1. The molecule has 0 aliphatic carbocycles. The van der Waals surface area contributed by atoms with Gasteiger partial charge in [-0.2, -0.15) is 0 Å². The van der Waals surface area contributed by atoms with Crippen LogP contribution < -0.4 is 16.0 Å². The molecule has 0 saturated carbocycles. The van der Waals surface area contributed by atoms with E-state index in [0.717, 1.165) is 5.69 Å². The molecule has 0 unspecified atom stereocenters. The Bertz CT molecular complexity index is 263. The SMILES string of the molecule is CC.CNC.Nc1ccc(N2CCCC2)cc1. The van der Waals surface area contributed by atoms with E-state index in [-0.39, 0.29) is 0 Å². The molecule has 1 saturated heterocycles. The lowest BCUT2D eigenvalue weighted by Crippen LogP contribution is -2.17. The van der Waals surface area contributed by atoms with Crippen molar-refractivity contribution in [1.29, 1.82) is 0 Å². The lowest BCUT2D eigenvalue weighted by Gasteiger charge is -2.17. The second kappa shape index (κ2) is 9.97. The third-order valence-electron chi connectivity index (χ3n) is 2.36. The molecule has 1 aliphatic heterocycles. The molecular formula is C14H27N3. The first-order chi connectivity index (χ1) is 8.27. The molecule has 1 heterocycles. The summed E-state index contributed by atoms with van der Waals surface area (Å²) in [5.74, 6) is 0. The number of hydrogen-bond donors (Lipinski definition) is 2. The van der Waals surface area contributed by atoms with Crippen LogP contribution in [0.15, 0.2) is 24.3 Å². The van der Waals surface area contributed by atoms with Gasteiger partial charge in [0, 0.05) is 24.5 Å². The van der Waals surface area contributed by atoms with E-state index < -0.39 is 0 Å². The van der Waals surface area contributed by atoms with Gasteiger partial charge in [-0.05, 0) is 51.2 Å². The summed E-state index contributed by atoms with van der Waals surface area (Å²) in [6.07, 6.45) is 2.65. The van der Waals surface area contributed by atoms with E-state index in [1.54, 1.807) is 0 Å². The van der Waals surface area contributed by atoms with Crippen molar-refractivity contribution >= 4 is 11.4 Å². The van der Waals surface area contributed by atoms with Crippen molar-refractivity contribution in [2.24, 2.45) is 0 Å². The molecule has 3 heteroatoms. The molecular weight excluding hydrogens is 210 g/mol. The summed E-state index contributed by atoms with van der Waals surface area (Å²) in [5.41, 5.74) is 7.76. The predicted octanol–water partition coefficient (Wildman–Crippen LogP) is 2.73. The van der Waals surface area contributed by atoms with E-state index in [0.29, 0.717) is 0 Å². The summed E-state index contributed by atoms with van der Waals surface area (Å²) < 4.78 is 0. The van der Waals surface area contributed by atoms with E-state index >= 15 is 0 Å². The minimum Gasteiger partial charge on any atom is -0.399 e. The maximum atomic E-state index is 5.61. The minimum atomic E-state index is 0.845. The second-order valence-corrected chi connectivity index (χ2v) is 3.79. The first-order valence-corrected chi connectivity index (χ1v) is 6.47. The highest BCUT2D eigenvalue weighted by molar-refractivity contribution is 5.53. The zero-order valence-corrected chi connectivity index (χ0v) is 11.7. The number of nitrogens with one attached hydrogen (secondary N) is 1. The molecule has 17 heavy (non-hydrogen) atoms. The van der Waals surface area contributed by atoms with Gasteiger partial charge < -0.3 is 16.0 Å². The smallest absolute Gasteiger partial charge is 0.0367 e. The molecule has 98 valence electrons. The van der Waals surface area contributed by atoms with Crippen molar-refractivity contribution in [3.05, 3.63) is 24.3 Å². The number of hydrogen-bond acceptors (Lipinski definition) is 3. The van der Waals surface area contributed by atoms with Crippen LogP contribution in [0.2, 0.25) is 0 Å². The molecule has 1 aliphatic rings. The Morgan fingerprint density at radius 3 is 1.82 bits per heavy atom. The van der Waals surface area contributed by atoms with Crippen LogP contribution in [0.5, 0.6) is 0 Å². The lowest BCUT2D eigenvalue weighted by atomic mass is 10.2. The van der Waals surface area contributed by atoms with Gasteiger partial charge in [-0.15, -0.1) is 0 Å². The van der Waals surface area contributed by atoms with Gasteiger partial charge in [-0.25, -0.2) is 0 Å². The molecule has 1 aromatic carbocycles. The number of nitrogens with zero attached hydrogens (tertiary/aromatic N) is 1. The number of anilines is 2. The minimum absolute atomic E-state index is 0.845. The highest BCUT2D eigenvalue weighted by Crippen LogP contribution is 2.20. The van der Waals surface area contributed by atoms with E-state index in [4.69, 9.17) is 5.73 Å². The summed E-state index contributed by atoms with van der Waals surface area (Å²) in [5, 5.41) is 2.75. The van der Waals surface area contributed by atoms with Crippen LogP contribution in [0.1, 0.15) is 26.7 Å². The topological polar surface area (TPSA) is 41.3 Å². The van der Waals surface area contributed by atoms with Gasteiger partial charge >= 0.3 is 0 Å². The molecule has 0 radical (unpaired) electrons. The highest BCUT2D eigenvalue weighted by atomic mass is 15.1. The molecule has 3 nitrogen and oxygen atoms in total. The fourth-order valence-corrected chi connectivity index (χ4v) is 1.66. The van der Waals surface area contributed by atoms with Crippen LogP contribution in [-0.2, 0) is 0 Å². The van der Waals surface area contributed by atoms with Crippen molar-refractivity contribution in [3.63, 3.8) is 0 Å². The van der Waals surface area contributed by atoms with Crippen LogP contribution in [0.4, 0.5) is 11.4 Å². The first-order valence-electron chi connectivity index (χ1n) is 6.47. The Kier molecular flexibility index (Phi) is 9.25. The van der Waals surface area contributed by atoms with Gasteiger partial charge in [0.2, 0.25) is 0 Å². The van der Waals surface area contributed by atoms with Crippen molar-refractivity contribution in [2.45, 2.75) is 26.7 Å². The summed E-state index contributed by atoms with van der Waals surface area (Å²) in [6.45, 7) is 6.40. The molecule has 0 bridgehead atoms. The molecule has 0 aromatic heterocycles. The van der Waals surface area contributed by atoms with Crippen molar-refractivity contribution in [3.8, 4) is 0 Å². The average molecular weight is 237 g/mol. The average Bonchev–Trinajstić information content (AvgIpc) is 2.87. The van der Waals surface area contributed by atoms with E-state index in [1.165, 1.54) is 31.6 Å². The fourth-order valence-electron chi connectivity index (χ4n) is 1.66. The first kappa shape index (κ1) is 15.8. The Labute approximate surface area is 106 Å². The lowest BCUT2D eigenvalue weighted by molar-refractivity contribution is 0.949. The molecule has 0 amide bonds. The van der Waals surface area contributed by atoms with Crippen LogP contribution in [-0.4, -0.2) is 27.2 Å². The molecule has 2 rings (SSSR count). The van der Waals surface area contributed by atoms with E-state index in [1.807, 2.05) is 40.1 Å². The molecule has 1 aromatic rings. The third kappa shape index (κ3) is 6.17. The van der Waals surface area contributed by atoms with Gasteiger partial charge in [0.15, 0.2) is 0 Å². The van der Waals surface area contributed by atoms with Crippen molar-refractivity contribution in [2.75, 3.05) is 37.8 Å². The van der Waals surface area contributed by atoms with E-state index in [2.05, 4.69) is 22.3 Å². The molecule has 0 atom stereocenters. The van der Waals surface area contributed by atoms with E-state index in [9.17, 15) is 0 Å². The standard InChI is InChI=1S/C10H14N2.C2H7N.C2H6/c11-9-3-5-10(6-4-9)12-7-1-2-8-12;1-3-2;1-2/h3-6H,1-2,7-8,11H2;3H,1-2H3;1-2H3. The normalized spacial score (nSPS) is 13.3. The summed E-state index contributed by atoms with van der Waals surface area (Å²) in [7, 11) is 3.75. The predicted molar refractivity (Wildman–Crippen MR) is 78.6 cm³/mol. The third-order valence-corrected chi connectivity index (χ3v) is 2.36. The van der Waals surface area contributed by atoms with Crippen LogP contribution in [0.25, 0.3) is 0 Å². The Morgan fingerprint density at radius 2 is 1.41 bits per heavy atom. The second-order valence-electron chi connectivity index (χ2n) is 3.79. The highest BCUT2D eigenvalue weighted by Gasteiger charge is 2.11. The molecule has 3 N–H and O–H groups in total. The summed E-state index contributed by atoms with van der Waals surface area (Å²) in [4.78, 5) is 2.40. The monoisotopic (exact) mass is 237 g/mol. The van der Waals surface area contributed by atoms with Crippen molar-refractivity contribution < 1.29 is 0 Å². The Morgan fingerprint density at radius 1 is 1.00 bits per heavy atom. The van der Waals surface area contributed by atoms with Gasteiger partial charge in [-0.3, -0.25) is 0 Å². The number of benzene rings is 1. The zero-order chi connectivity index (χ0) is 13.1. The Hall–Kier alpha value is -1.22. The Balaban J connectivity index is 0.000000450. The number of rotatable bonds is 1.